The normalized spacial score (nSPS) is 14.6. The zero-order valence-electron chi connectivity index (χ0n) is 18.5. The lowest BCUT2D eigenvalue weighted by Crippen LogP contribution is -2.28. The number of aryl methyl sites for hydroxylation is 1. The molecule has 0 atom stereocenters. The third kappa shape index (κ3) is 5.37. The van der Waals surface area contributed by atoms with Gasteiger partial charge in [0.25, 0.3) is 5.91 Å². The smallest absolute Gasteiger partial charge is 0.262 e. The van der Waals surface area contributed by atoms with Gasteiger partial charge in [-0.25, -0.2) is 8.42 Å². The lowest BCUT2D eigenvalue weighted by molar-refractivity contribution is -0.118. The van der Waals surface area contributed by atoms with Crippen LogP contribution in [0, 0.1) is 6.92 Å². The van der Waals surface area contributed by atoms with Crippen molar-refractivity contribution in [3.8, 4) is 11.5 Å². The summed E-state index contributed by atoms with van der Waals surface area (Å²) in [5.74, 6) is 0.908. The SMILES string of the molecule is COc1ccc(S(=O)(=O)N2CCCC2)cc1NC(=O)COc1cc(C)ccc1C(C)C. The number of carbonyl (C=O) groups is 1. The number of anilines is 1. The summed E-state index contributed by atoms with van der Waals surface area (Å²) in [6.45, 7) is 6.92. The van der Waals surface area contributed by atoms with Crippen molar-refractivity contribution in [2.24, 2.45) is 0 Å². The summed E-state index contributed by atoms with van der Waals surface area (Å²) in [6.07, 6.45) is 1.71. The number of sulfonamides is 1. The predicted octanol–water partition coefficient (Wildman–Crippen LogP) is 3.93. The van der Waals surface area contributed by atoms with Gasteiger partial charge in [0.05, 0.1) is 17.7 Å². The fraction of sp³-hybridized carbons (Fsp3) is 0.435. The second-order valence-corrected chi connectivity index (χ2v) is 9.94. The minimum absolute atomic E-state index is 0.132. The molecular formula is C23H30N2O5S. The Balaban J connectivity index is 1.76. The van der Waals surface area contributed by atoms with E-state index in [1.165, 1.54) is 23.5 Å². The van der Waals surface area contributed by atoms with Gasteiger partial charge < -0.3 is 14.8 Å². The van der Waals surface area contributed by atoms with Crippen molar-refractivity contribution in [3.05, 3.63) is 47.5 Å². The van der Waals surface area contributed by atoms with Gasteiger partial charge in [0.2, 0.25) is 10.0 Å². The first-order chi connectivity index (χ1) is 14.7. The summed E-state index contributed by atoms with van der Waals surface area (Å²) < 4.78 is 38.3. The van der Waals surface area contributed by atoms with Gasteiger partial charge in [-0.05, 0) is 61.1 Å². The van der Waals surface area contributed by atoms with E-state index in [0.717, 1.165) is 24.0 Å². The van der Waals surface area contributed by atoms with Crippen molar-refractivity contribution < 1.29 is 22.7 Å². The molecule has 2 aromatic carbocycles. The van der Waals surface area contributed by atoms with E-state index in [0.29, 0.717) is 30.3 Å². The fourth-order valence-corrected chi connectivity index (χ4v) is 5.14. The van der Waals surface area contributed by atoms with Crippen molar-refractivity contribution in [1.82, 2.24) is 4.31 Å². The van der Waals surface area contributed by atoms with Crippen molar-refractivity contribution >= 4 is 21.6 Å². The lowest BCUT2D eigenvalue weighted by Gasteiger charge is -2.18. The van der Waals surface area contributed by atoms with Gasteiger partial charge in [-0.2, -0.15) is 4.31 Å². The van der Waals surface area contributed by atoms with E-state index >= 15 is 0 Å². The van der Waals surface area contributed by atoms with Crippen LogP contribution in [0.4, 0.5) is 5.69 Å². The molecule has 1 saturated heterocycles. The molecule has 0 bridgehead atoms. The highest BCUT2D eigenvalue weighted by atomic mass is 32.2. The van der Waals surface area contributed by atoms with Gasteiger partial charge in [-0.15, -0.1) is 0 Å². The second kappa shape index (κ2) is 9.70. The van der Waals surface area contributed by atoms with Crippen LogP contribution >= 0.6 is 0 Å². The van der Waals surface area contributed by atoms with Crippen molar-refractivity contribution in [1.29, 1.82) is 0 Å². The van der Waals surface area contributed by atoms with E-state index in [4.69, 9.17) is 9.47 Å². The van der Waals surface area contributed by atoms with Crippen LogP contribution < -0.4 is 14.8 Å². The standard InChI is InChI=1S/C23H30N2O5S/c1-16(2)19-9-7-17(3)13-22(19)30-15-23(26)24-20-14-18(8-10-21(20)29-4)31(27,28)25-11-5-6-12-25/h7-10,13-14,16H,5-6,11-12,15H2,1-4H3,(H,24,26). The molecule has 0 radical (unpaired) electrons. The van der Waals surface area contributed by atoms with Crippen molar-refractivity contribution in [3.63, 3.8) is 0 Å². The van der Waals surface area contributed by atoms with Crippen LogP contribution in [0.5, 0.6) is 11.5 Å². The summed E-state index contributed by atoms with van der Waals surface area (Å²) >= 11 is 0. The molecule has 1 aliphatic rings. The lowest BCUT2D eigenvalue weighted by atomic mass is 10.0. The molecule has 168 valence electrons. The first-order valence-electron chi connectivity index (χ1n) is 10.4. The number of nitrogens with zero attached hydrogens (tertiary/aromatic N) is 1. The first-order valence-corrected chi connectivity index (χ1v) is 11.9. The molecule has 1 amide bonds. The molecule has 31 heavy (non-hydrogen) atoms. The predicted molar refractivity (Wildman–Crippen MR) is 120 cm³/mol. The number of carbonyl (C=O) groups excluding carboxylic acids is 1. The van der Waals surface area contributed by atoms with E-state index in [2.05, 4.69) is 19.2 Å². The van der Waals surface area contributed by atoms with Gasteiger partial charge in [-0.1, -0.05) is 26.0 Å². The maximum Gasteiger partial charge on any atom is 0.262 e. The Morgan fingerprint density at radius 1 is 1.10 bits per heavy atom. The molecule has 1 heterocycles. The number of rotatable bonds is 8. The molecule has 0 saturated carbocycles. The number of benzene rings is 2. The summed E-state index contributed by atoms with van der Waals surface area (Å²) in [4.78, 5) is 12.7. The van der Waals surface area contributed by atoms with Crippen LogP contribution in [-0.4, -0.2) is 45.4 Å². The van der Waals surface area contributed by atoms with Gasteiger partial charge in [0.1, 0.15) is 11.5 Å². The van der Waals surface area contributed by atoms with Gasteiger partial charge >= 0.3 is 0 Å². The minimum atomic E-state index is -3.60. The van der Waals surface area contributed by atoms with Crippen LogP contribution in [-0.2, 0) is 14.8 Å². The molecule has 0 aromatic heterocycles. The molecule has 7 nitrogen and oxygen atoms in total. The number of hydrogen-bond donors (Lipinski definition) is 1. The Morgan fingerprint density at radius 3 is 2.45 bits per heavy atom. The van der Waals surface area contributed by atoms with Crippen molar-refractivity contribution in [2.75, 3.05) is 32.1 Å². The van der Waals surface area contributed by atoms with Crippen LogP contribution in [0.3, 0.4) is 0 Å². The van der Waals surface area contributed by atoms with E-state index < -0.39 is 15.9 Å². The molecule has 0 aliphatic carbocycles. The van der Waals surface area contributed by atoms with E-state index in [-0.39, 0.29) is 17.4 Å². The Hall–Kier alpha value is -2.58. The Bertz CT molecular complexity index is 1040. The largest absolute Gasteiger partial charge is 0.495 e. The highest BCUT2D eigenvalue weighted by Crippen LogP contribution is 2.31. The topological polar surface area (TPSA) is 84.9 Å². The molecule has 1 aliphatic heterocycles. The highest BCUT2D eigenvalue weighted by Gasteiger charge is 2.28. The third-order valence-corrected chi connectivity index (χ3v) is 7.19. The van der Waals surface area contributed by atoms with Gasteiger partial charge in [0.15, 0.2) is 6.61 Å². The zero-order valence-corrected chi connectivity index (χ0v) is 19.3. The first kappa shape index (κ1) is 23.1. The molecule has 8 heteroatoms. The molecule has 1 fully saturated rings. The Labute approximate surface area is 184 Å². The second-order valence-electron chi connectivity index (χ2n) is 8.01. The Morgan fingerprint density at radius 2 is 1.81 bits per heavy atom. The third-order valence-electron chi connectivity index (χ3n) is 5.30. The monoisotopic (exact) mass is 446 g/mol. The quantitative estimate of drug-likeness (QED) is 0.664. The maximum atomic E-state index is 12.9. The van der Waals surface area contributed by atoms with Crippen LogP contribution in [0.15, 0.2) is 41.3 Å². The minimum Gasteiger partial charge on any atom is -0.495 e. The summed E-state index contributed by atoms with van der Waals surface area (Å²) in [6, 6.07) is 10.4. The molecule has 3 rings (SSSR count). The summed E-state index contributed by atoms with van der Waals surface area (Å²) in [5, 5.41) is 2.73. The molecule has 2 aromatic rings. The number of nitrogens with one attached hydrogen (secondary N) is 1. The van der Waals surface area contributed by atoms with Gasteiger partial charge in [0, 0.05) is 13.1 Å². The zero-order chi connectivity index (χ0) is 22.6. The van der Waals surface area contributed by atoms with Crippen LogP contribution in [0.1, 0.15) is 43.7 Å². The highest BCUT2D eigenvalue weighted by molar-refractivity contribution is 7.89. The average molecular weight is 447 g/mol. The molecule has 1 N–H and O–H groups in total. The van der Waals surface area contributed by atoms with E-state index in [1.807, 2.05) is 25.1 Å². The van der Waals surface area contributed by atoms with Gasteiger partial charge in [-0.3, -0.25) is 4.79 Å². The van der Waals surface area contributed by atoms with Crippen LogP contribution in [0.2, 0.25) is 0 Å². The summed E-state index contributed by atoms with van der Waals surface area (Å²) in [7, 11) is -2.13. The van der Waals surface area contributed by atoms with E-state index in [9.17, 15) is 13.2 Å². The van der Waals surface area contributed by atoms with E-state index in [1.54, 1.807) is 6.07 Å². The number of amides is 1. The number of hydrogen-bond acceptors (Lipinski definition) is 5. The van der Waals surface area contributed by atoms with Crippen LogP contribution in [0.25, 0.3) is 0 Å². The summed E-state index contributed by atoms with van der Waals surface area (Å²) in [5.41, 5.74) is 2.36. The fourth-order valence-electron chi connectivity index (χ4n) is 3.60. The molecule has 0 spiro atoms. The maximum absolute atomic E-state index is 12.9. The molecular weight excluding hydrogens is 416 g/mol. The number of methoxy groups -OCH3 is 1. The Kier molecular flexibility index (Phi) is 7.23. The molecule has 0 unspecified atom stereocenters. The van der Waals surface area contributed by atoms with Crippen molar-refractivity contribution in [2.45, 2.75) is 44.4 Å². The average Bonchev–Trinajstić information content (AvgIpc) is 3.28. The number of ether oxygens (including phenoxy) is 2.